The van der Waals surface area contributed by atoms with Gasteiger partial charge in [-0.05, 0) is 63.5 Å². The number of piperidine rings is 3. The smallest absolute Gasteiger partial charge is 0.243 e. The van der Waals surface area contributed by atoms with Crippen LogP contribution >= 0.6 is 0 Å². The fourth-order valence-corrected chi connectivity index (χ4v) is 7.15. The van der Waals surface area contributed by atoms with E-state index in [0.717, 1.165) is 42.9 Å². The molecule has 5 heteroatoms. The van der Waals surface area contributed by atoms with Crippen LogP contribution in [0.4, 0.5) is 0 Å². The average Bonchev–Trinajstić information content (AvgIpc) is 3.17. The van der Waals surface area contributed by atoms with Crippen LogP contribution in [0.1, 0.15) is 55.8 Å². The zero-order valence-electron chi connectivity index (χ0n) is 19.0. The van der Waals surface area contributed by atoms with Crippen LogP contribution in [0, 0.1) is 11.8 Å². The van der Waals surface area contributed by atoms with E-state index in [-0.39, 0.29) is 17.7 Å². The summed E-state index contributed by atoms with van der Waals surface area (Å²) in [6.07, 6.45) is 11.9. The number of amides is 1. The molecule has 3 saturated heterocycles. The van der Waals surface area contributed by atoms with Crippen molar-refractivity contribution < 1.29 is 9.59 Å². The highest BCUT2D eigenvalue weighted by atomic mass is 16.2. The van der Waals surface area contributed by atoms with Gasteiger partial charge >= 0.3 is 0 Å². The normalized spacial score (nSPS) is 29.9. The van der Waals surface area contributed by atoms with E-state index in [1.54, 1.807) is 6.92 Å². The van der Waals surface area contributed by atoms with E-state index in [1.165, 1.54) is 37.8 Å². The van der Waals surface area contributed by atoms with Gasteiger partial charge in [-0.25, -0.2) is 0 Å². The first-order chi connectivity index (χ1) is 15.6. The lowest BCUT2D eigenvalue weighted by atomic mass is 9.68. The van der Waals surface area contributed by atoms with E-state index in [9.17, 15) is 9.59 Å². The molecular weight excluding hydrogens is 398 g/mol. The Hall–Kier alpha value is -2.40. The van der Waals surface area contributed by atoms with E-state index in [4.69, 9.17) is 0 Å². The monoisotopic (exact) mass is 431 g/mol. The summed E-state index contributed by atoms with van der Waals surface area (Å²) in [5, 5.41) is 0.941. The van der Waals surface area contributed by atoms with Crippen molar-refractivity contribution in [1.29, 1.82) is 0 Å². The van der Waals surface area contributed by atoms with Gasteiger partial charge in [-0.1, -0.05) is 36.3 Å². The molecule has 0 spiro atoms. The number of aromatic nitrogens is 1. The molecule has 0 saturated carbocycles. The lowest BCUT2D eigenvalue weighted by Crippen LogP contribution is -2.60. The topological polar surface area (TPSA) is 45.6 Å². The van der Waals surface area contributed by atoms with Crippen molar-refractivity contribution in [1.82, 2.24) is 14.4 Å². The van der Waals surface area contributed by atoms with Crippen LogP contribution in [0.5, 0.6) is 0 Å². The van der Waals surface area contributed by atoms with Gasteiger partial charge in [-0.3, -0.25) is 14.5 Å². The minimum atomic E-state index is 0.0483. The fraction of sp³-hybridized carbons (Fsp3) is 0.556. The van der Waals surface area contributed by atoms with Crippen molar-refractivity contribution in [3.05, 3.63) is 47.7 Å². The minimum absolute atomic E-state index is 0.0483. The molecule has 3 fully saturated rings. The number of likely N-dealkylation sites (tertiary alicyclic amines) is 1. The van der Waals surface area contributed by atoms with Gasteiger partial charge in [-0.2, -0.15) is 0 Å². The maximum atomic E-state index is 13.7. The number of fused-ring (bicyclic) bond motifs is 7. The van der Waals surface area contributed by atoms with Gasteiger partial charge in [-0.15, -0.1) is 0 Å². The van der Waals surface area contributed by atoms with Crippen molar-refractivity contribution >= 4 is 22.6 Å². The van der Waals surface area contributed by atoms with Crippen LogP contribution in [0.3, 0.4) is 0 Å². The van der Waals surface area contributed by atoms with E-state index in [1.807, 2.05) is 35.0 Å². The quantitative estimate of drug-likeness (QED) is 0.539. The third-order valence-electron chi connectivity index (χ3n) is 8.45. The molecule has 1 amide bonds. The highest BCUT2D eigenvalue weighted by molar-refractivity contribution is 6.07. The van der Waals surface area contributed by atoms with Crippen LogP contribution in [0.2, 0.25) is 0 Å². The van der Waals surface area contributed by atoms with Crippen molar-refractivity contribution in [2.75, 3.05) is 19.6 Å². The molecule has 0 N–H and O–H groups in total. The lowest BCUT2D eigenvalue weighted by molar-refractivity contribution is -0.136. The Morgan fingerprint density at radius 1 is 1.09 bits per heavy atom. The summed E-state index contributed by atoms with van der Waals surface area (Å²) in [7, 11) is 0. The summed E-state index contributed by atoms with van der Waals surface area (Å²) < 4.78 is 1.99. The second-order valence-electron chi connectivity index (χ2n) is 10.3. The SMILES string of the molecule is CC(=O)c1cn(CC(=O)N2CCCC3=C[C@H]4C[C@@H](CN5CCCC[C@H]45)[C@@H]32)c2ccccc12. The first-order valence-electron chi connectivity index (χ1n) is 12.4. The number of hydrogen-bond donors (Lipinski definition) is 0. The number of nitrogens with zero attached hydrogens (tertiary/aromatic N) is 3. The van der Waals surface area contributed by atoms with Gasteiger partial charge in [0.2, 0.25) is 5.91 Å². The first kappa shape index (κ1) is 20.2. The molecule has 4 heterocycles. The summed E-state index contributed by atoms with van der Waals surface area (Å²) in [4.78, 5) is 30.7. The second-order valence-corrected chi connectivity index (χ2v) is 10.3. The summed E-state index contributed by atoms with van der Waals surface area (Å²) in [6, 6.07) is 8.93. The van der Waals surface area contributed by atoms with Gasteiger partial charge in [0.15, 0.2) is 5.78 Å². The molecule has 1 aliphatic carbocycles. The molecule has 1 aromatic carbocycles. The zero-order chi connectivity index (χ0) is 21.8. The molecule has 0 unspecified atom stereocenters. The van der Waals surface area contributed by atoms with Crippen LogP contribution in [0.15, 0.2) is 42.1 Å². The van der Waals surface area contributed by atoms with Crippen molar-refractivity contribution in [3.63, 3.8) is 0 Å². The number of benzene rings is 1. The number of Topliss-reactive ketones (excluding diaryl/α,β-unsaturated/α-hetero) is 1. The third kappa shape index (κ3) is 3.24. The molecule has 4 aliphatic rings. The molecule has 168 valence electrons. The Morgan fingerprint density at radius 3 is 2.84 bits per heavy atom. The Kier molecular flexibility index (Phi) is 4.98. The Labute approximate surface area is 190 Å². The summed E-state index contributed by atoms with van der Waals surface area (Å²) in [5.41, 5.74) is 3.20. The largest absolute Gasteiger partial charge is 0.337 e. The molecule has 0 radical (unpaired) electrons. The van der Waals surface area contributed by atoms with Gasteiger partial charge in [0.1, 0.15) is 6.54 Å². The fourth-order valence-electron chi connectivity index (χ4n) is 7.15. The van der Waals surface area contributed by atoms with E-state index < -0.39 is 0 Å². The predicted octanol–water partition coefficient (Wildman–Crippen LogP) is 4.27. The Balaban J connectivity index is 1.29. The Morgan fingerprint density at radius 2 is 1.97 bits per heavy atom. The van der Waals surface area contributed by atoms with Crippen LogP contribution in [-0.4, -0.2) is 57.8 Å². The van der Waals surface area contributed by atoms with E-state index >= 15 is 0 Å². The van der Waals surface area contributed by atoms with Gasteiger partial charge in [0, 0.05) is 41.8 Å². The number of carbonyl (C=O) groups is 2. The lowest BCUT2D eigenvalue weighted by Gasteiger charge is -2.54. The minimum Gasteiger partial charge on any atom is -0.337 e. The van der Waals surface area contributed by atoms with Crippen molar-refractivity contribution in [2.45, 2.75) is 64.1 Å². The maximum Gasteiger partial charge on any atom is 0.243 e. The maximum absolute atomic E-state index is 13.7. The van der Waals surface area contributed by atoms with Crippen LogP contribution in [-0.2, 0) is 11.3 Å². The molecule has 5 nitrogen and oxygen atoms in total. The highest BCUT2D eigenvalue weighted by Gasteiger charge is 2.46. The molecule has 2 bridgehead atoms. The average molecular weight is 432 g/mol. The molecule has 3 aliphatic heterocycles. The standard InChI is InChI=1S/C27H33N3O2/c1-18(31)23-16-29(25-10-3-2-8-22(23)25)17-26(32)30-12-6-7-19-13-20-14-21(27(19)30)15-28-11-5-4-9-24(20)28/h2-3,8,10,13,16,20-21,24,27H,4-7,9,11-12,14-15,17H2,1H3/t20-,21-,24+,27+/m0/s1. The number of hydrogen-bond acceptors (Lipinski definition) is 3. The summed E-state index contributed by atoms with van der Waals surface area (Å²) in [6.45, 7) is 5.13. The van der Waals surface area contributed by atoms with Crippen LogP contribution < -0.4 is 0 Å². The van der Waals surface area contributed by atoms with Gasteiger partial charge in [0.05, 0.1) is 6.04 Å². The molecule has 2 aromatic rings. The molecular formula is C27H33N3O2. The second kappa shape index (κ2) is 7.87. The first-order valence-corrected chi connectivity index (χ1v) is 12.4. The van der Waals surface area contributed by atoms with Gasteiger partial charge < -0.3 is 9.47 Å². The summed E-state index contributed by atoms with van der Waals surface area (Å²) >= 11 is 0. The molecule has 6 rings (SSSR count). The Bertz CT molecular complexity index is 1100. The zero-order valence-corrected chi connectivity index (χ0v) is 19.0. The molecule has 4 atom stereocenters. The number of carbonyl (C=O) groups excluding carboxylic acids is 2. The van der Waals surface area contributed by atoms with Crippen molar-refractivity contribution in [3.8, 4) is 0 Å². The number of ketones is 1. The van der Waals surface area contributed by atoms with Crippen LogP contribution in [0.25, 0.3) is 10.9 Å². The summed E-state index contributed by atoms with van der Waals surface area (Å²) in [5.74, 6) is 1.48. The third-order valence-corrected chi connectivity index (χ3v) is 8.45. The number of para-hydroxylation sites is 1. The highest BCUT2D eigenvalue weighted by Crippen LogP contribution is 2.45. The van der Waals surface area contributed by atoms with E-state index in [2.05, 4.69) is 15.9 Å². The van der Waals surface area contributed by atoms with E-state index in [0.29, 0.717) is 23.9 Å². The van der Waals surface area contributed by atoms with Gasteiger partial charge in [0.25, 0.3) is 0 Å². The van der Waals surface area contributed by atoms with Crippen molar-refractivity contribution in [2.24, 2.45) is 11.8 Å². The predicted molar refractivity (Wildman–Crippen MR) is 126 cm³/mol. The number of rotatable bonds is 3. The molecule has 1 aromatic heterocycles. The molecule has 32 heavy (non-hydrogen) atoms.